The van der Waals surface area contributed by atoms with E-state index in [2.05, 4.69) is 27.1 Å². The van der Waals surface area contributed by atoms with Gasteiger partial charge >= 0.3 is 0 Å². The minimum atomic E-state index is 0.228. The molecule has 2 heterocycles. The summed E-state index contributed by atoms with van der Waals surface area (Å²) in [6, 6.07) is 2.40. The first kappa shape index (κ1) is 10.5. The van der Waals surface area contributed by atoms with E-state index in [0.717, 1.165) is 25.9 Å². The lowest BCUT2D eigenvalue weighted by atomic mass is 9.94. The molecule has 0 aromatic carbocycles. The van der Waals surface area contributed by atoms with Gasteiger partial charge in [0.05, 0.1) is 12.7 Å². The molecule has 5 nitrogen and oxygen atoms in total. The molecule has 0 aliphatic heterocycles. The molecule has 0 fully saturated rings. The molecule has 0 radical (unpaired) electrons. The molecule has 1 atom stereocenters. The lowest BCUT2D eigenvalue weighted by molar-refractivity contribution is 0.490. The Morgan fingerprint density at radius 3 is 3.12 bits per heavy atom. The van der Waals surface area contributed by atoms with Crippen molar-refractivity contribution >= 4 is 0 Å². The first-order chi connectivity index (χ1) is 8.34. The van der Waals surface area contributed by atoms with Gasteiger partial charge in [0.15, 0.2) is 0 Å². The number of hydrogen-bond donors (Lipinski definition) is 1. The third kappa shape index (κ3) is 1.98. The van der Waals surface area contributed by atoms with Gasteiger partial charge in [-0.1, -0.05) is 5.21 Å². The van der Waals surface area contributed by atoms with Crippen molar-refractivity contribution in [3.05, 3.63) is 35.9 Å². The highest BCUT2D eigenvalue weighted by molar-refractivity contribution is 5.28. The molecule has 17 heavy (non-hydrogen) atoms. The summed E-state index contributed by atoms with van der Waals surface area (Å²) in [6.45, 7) is 1.79. The van der Waals surface area contributed by atoms with Crippen LogP contribution in [0, 0.1) is 0 Å². The average molecular weight is 231 g/mol. The van der Waals surface area contributed by atoms with E-state index < -0.39 is 0 Å². The van der Waals surface area contributed by atoms with Gasteiger partial charge in [-0.3, -0.25) is 4.68 Å². The molecule has 90 valence electrons. The molecule has 1 aliphatic rings. The van der Waals surface area contributed by atoms with Crippen molar-refractivity contribution in [3.8, 4) is 0 Å². The summed E-state index contributed by atoms with van der Waals surface area (Å²) in [7, 11) is 0. The van der Waals surface area contributed by atoms with Gasteiger partial charge in [-0.15, -0.1) is 5.10 Å². The Morgan fingerprint density at radius 1 is 1.35 bits per heavy atom. The zero-order chi connectivity index (χ0) is 11.7. The molecular weight excluding hydrogens is 214 g/mol. The molecule has 0 amide bonds. The Hall–Kier alpha value is -1.62. The summed E-state index contributed by atoms with van der Waals surface area (Å²) in [4.78, 5) is 0. The van der Waals surface area contributed by atoms with E-state index in [1.54, 1.807) is 6.20 Å². The van der Waals surface area contributed by atoms with Crippen LogP contribution in [0.15, 0.2) is 24.7 Å². The smallest absolute Gasteiger partial charge is 0.0692 e. The molecule has 2 N–H and O–H groups in total. The highest BCUT2D eigenvalue weighted by atomic mass is 15.4. The minimum Gasteiger partial charge on any atom is -0.349 e. The fourth-order valence-corrected chi connectivity index (χ4v) is 2.56. The molecular formula is C12H17N5. The van der Waals surface area contributed by atoms with E-state index in [-0.39, 0.29) is 6.04 Å². The second-order valence-corrected chi connectivity index (χ2v) is 4.58. The number of hydrogen-bond acceptors (Lipinski definition) is 3. The Kier molecular flexibility index (Phi) is 2.68. The standard InChI is InChI=1S/C12H17N5/c13-11-2-1-3-12-10(11)4-6-16(12)8-9-17-7-5-14-15-17/h4-7,11H,1-3,8-9,13H2. The van der Waals surface area contributed by atoms with E-state index in [4.69, 9.17) is 5.73 Å². The molecule has 0 bridgehead atoms. The molecule has 1 aliphatic carbocycles. The monoisotopic (exact) mass is 231 g/mol. The Morgan fingerprint density at radius 2 is 2.29 bits per heavy atom. The number of aromatic nitrogens is 4. The van der Waals surface area contributed by atoms with E-state index in [0.29, 0.717) is 0 Å². The molecule has 5 heteroatoms. The van der Waals surface area contributed by atoms with Crippen molar-refractivity contribution in [2.45, 2.75) is 38.4 Å². The minimum absolute atomic E-state index is 0.228. The van der Waals surface area contributed by atoms with Crippen molar-refractivity contribution in [2.75, 3.05) is 0 Å². The highest BCUT2D eigenvalue weighted by Gasteiger charge is 2.19. The SMILES string of the molecule is NC1CCCc2c1ccn2CCn1ccnn1. The predicted molar refractivity (Wildman–Crippen MR) is 64.3 cm³/mol. The van der Waals surface area contributed by atoms with Gasteiger partial charge < -0.3 is 10.3 Å². The maximum absolute atomic E-state index is 6.11. The van der Waals surface area contributed by atoms with Gasteiger partial charge in [-0.2, -0.15) is 0 Å². The van der Waals surface area contributed by atoms with Crippen LogP contribution in [-0.2, 0) is 19.5 Å². The predicted octanol–water partition coefficient (Wildman–Crippen LogP) is 1.12. The number of nitrogens with zero attached hydrogens (tertiary/aromatic N) is 4. The van der Waals surface area contributed by atoms with Crippen LogP contribution in [0.2, 0.25) is 0 Å². The van der Waals surface area contributed by atoms with Crippen LogP contribution in [0.1, 0.15) is 30.1 Å². The van der Waals surface area contributed by atoms with Crippen LogP contribution < -0.4 is 5.73 Å². The van der Waals surface area contributed by atoms with Crippen molar-refractivity contribution in [2.24, 2.45) is 5.73 Å². The van der Waals surface area contributed by atoms with Crippen LogP contribution in [0.25, 0.3) is 0 Å². The lowest BCUT2D eigenvalue weighted by Gasteiger charge is -2.20. The van der Waals surface area contributed by atoms with Gasteiger partial charge in [0.2, 0.25) is 0 Å². The molecule has 2 aromatic heterocycles. The van der Waals surface area contributed by atoms with Crippen molar-refractivity contribution in [3.63, 3.8) is 0 Å². The quantitative estimate of drug-likeness (QED) is 0.861. The highest BCUT2D eigenvalue weighted by Crippen LogP contribution is 2.28. The second kappa shape index (κ2) is 4.33. The Labute approximate surface area is 100 Å². The third-order valence-corrected chi connectivity index (χ3v) is 3.48. The molecule has 3 rings (SSSR count). The lowest BCUT2D eigenvalue weighted by Crippen LogP contribution is -2.19. The van der Waals surface area contributed by atoms with Crippen LogP contribution in [0.3, 0.4) is 0 Å². The molecule has 2 aromatic rings. The Balaban J connectivity index is 1.75. The summed E-state index contributed by atoms with van der Waals surface area (Å²) in [5.74, 6) is 0. The third-order valence-electron chi connectivity index (χ3n) is 3.48. The van der Waals surface area contributed by atoms with Crippen LogP contribution in [0.4, 0.5) is 0 Å². The van der Waals surface area contributed by atoms with Crippen molar-refractivity contribution in [1.82, 2.24) is 19.6 Å². The van der Waals surface area contributed by atoms with E-state index in [9.17, 15) is 0 Å². The number of rotatable bonds is 3. The first-order valence-corrected chi connectivity index (χ1v) is 6.12. The second-order valence-electron chi connectivity index (χ2n) is 4.58. The Bertz CT molecular complexity index is 485. The fraction of sp³-hybridized carbons (Fsp3) is 0.500. The maximum Gasteiger partial charge on any atom is 0.0692 e. The van der Waals surface area contributed by atoms with E-state index in [1.807, 2.05) is 10.9 Å². The largest absolute Gasteiger partial charge is 0.349 e. The number of fused-ring (bicyclic) bond motifs is 1. The normalized spacial score (nSPS) is 19.2. The van der Waals surface area contributed by atoms with Crippen molar-refractivity contribution in [1.29, 1.82) is 0 Å². The molecule has 1 unspecified atom stereocenters. The fourth-order valence-electron chi connectivity index (χ4n) is 2.56. The van der Waals surface area contributed by atoms with Crippen molar-refractivity contribution < 1.29 is 0 Å². The van der Waals surface area contributed by atoms with Gasteiger partial charge in [0.1, 0.15) is 0 Å². The summed E-state index contributed by atoms with van der Waals surface area (Å²) >= 11 is 0. The number of nitrogens with two attached hydrogens (primary N) is 1. The zero-order valence-corrected chi connectivity index (χ0v) is 9.79. The molecule has 0 saturated heterocycles. The summed E-state index contributed by atoms with van der Waals surface area (Å²) in [6.07, 6.45) is 9.20. The maximum atomic E-state index is 6.11. The van der Waals surface area contributed by atoms with E-state index >= 15 is 0 Å². The van der Waals surface area contributed by atoms with E-state index in [1.165, 1.54) is 17.7 Å². The van der Waals surface area contributed by atoms with Crippen LogP contribution in [-0.4, -0.2) is 19.6 Å². The zero-order valence-electron chi connectivity index (χ0n) is 9.79. The van der Waals surface area contributed by atoms with Gasteiger partial charge in [0, 0.05) is 30.7 Å². The number of aryl methyl sites for hydroxylation is 2. The van der Waals surface area contributed by atoms with Crippen LogP contribution in [0.5, 0.6) is 0 Å². The van der Waals surface area contributed by atoms with Gasteiger partial charge in [-0.05, 0) is 30.9 Å². The topological polar surface area (TPSA) is 61.7 Å². The molecule has 0 saturated carbocycles. The van der Waals surface area contributed by atoms with Gasteiger partial charge in [-0.25, -0.2) is 0 Å². The van der Waals surface area contributed by atoms with Gasteiger partial charge in [0.25, 0.3) is 0 Å². The summed E-state index contributed by atoms with van der Waals surface area (Å²) in [5, 5.41) is 7.78. The first-order valence-electron chi connectivity index (χ1n) is 6.12. The average Bonchev–Trinajstić information content (AvgIpc) is 2.95. The summed E-state index contributed by atoms with van der Waals surface area (Å²) in [5.41, 5.74) is 8.84. The van der Waals surface area contributed by atoms with Crippen LogP contribution >= 0.6 is 0 Å². The summed E-state index contributed by atoms with van der Waals surface area (Å²) < 4.78 is 4.16. The molecule has 0 spiro atoms.